The second-order valence-electron chi connectivity index (χ2n) is 4.84. The summed E-state index contributed by atoms with van der Waals surface area (Å²) < 4.78 is 27.7. The molecule has 1 aromatic rings. The molecule has 1 rings (SSSR count). The highest BCUT2D eigenvalue weighted by atomic mass is 19.1. The van der Waals surface area contributed by atoms with E-state index >= 15 is 0 Å². The molecule has 2 unspecified atom stereocenters. The standard InChI is InChI=1S/C13H20F2N2/c1-7(2)9(4)13(17-16)11-10(14)6-5-8(3)12(11)15/h5-7,9,13,17H,16H2,1-4H3. The van der Waals surface area contributed by atoms with Crippen LogP contribution in [0.4, 0.5) is 8.78 Å². The molecule has 0 radical (unpaired) electrons. The molecule has 4 heteroatoms. The van der Waals surface area contributed by atoms with Gasteiger partial charge in [0.25, 0.3) is 0 Å². The Morgan fingerprint density at radius 2 is 1.76 bits per heavy atom. The fourth-order valence-corrected chi connectivity index (χ4v) is 1.85. The predicted molar refractivity (Wildman–Crippen MR) is 65.2 cm³/mol. The molecule has 17 heavy (non-hydrogen) atoms. The Morgan fingerprint density at radius 1 is 1.18 bits per heavy atom. The molecule has 0 spiro atoms. The zero-order valence-electron chi connectivity index (χ0n) is 10.7. The average Bonchev–Trinajstić information content (AvgIpc) is 2.28. The van der Waals surface area contributed by atoms with Crippen molar-refractivity contribution < 1.29 is 8.78 Å². The van der Waals surface area contributed by atoms with E-state index in [1.165, 1.54) is 12.1 Å². The quantitative estimate of drug-likeness (QED) is 0.629. The minimum Gasteiger partial charge on any atom is -0.271 e. The van der Waals surface area contributed by atoms with Crippen molar-refractivity contribution in [3.63, 3.8) is 0 Å². The van der Waals surface area contributed by atoms with Crippen molar-refractivity contribution in [3.05, 3.63) is 34.9 Å². The van der Waals surface area contributed by atoms with E-state index in [0.29, 0.717) is 5.56 Å². The van der Waals surface area contributed by atoms with Gasteiger partial charge >= 0.3 is 0 Å². The highest BCUT2D eigenvalue weighted by Gasteiger charge is 2.27. The number of halogens is 2. The van der Waals surface area contributed by atoms with Gasteiger partial charge in [0.15, 0.2) is 0 Å². The van der Waals surface area contributed by atoms with Crippen LogP contribution in [-0.4, -0.2) is 0 Å². The molecule has 96 valence electrons. The minimum absolute atomic E-state index is 0.0331. The van der Waals surface area contributed by atoms with Gasteiger partial charge in [-0.05, 0) is 30.4 Å². The summed E-state index contributed by atoms with van der Waals surface area (Å²) in [6, 6.07) is 2.20. The van der Waals surface area contributed by atoms with Crippen molar-refractivity contribution in [3.8, 4) is 0 Å². The summed E-state index contributed by atoms with van der Waals surface area (Å²) in [6.45, 7) is 7.55. The van der Waals surface area contributed by atoms with Crippen LogP contribution < -0.4 is 11.3 Å². The summed E-state index contributed by atoms with van der Waals surface area (Å²) in [7, 11) is 0. The van der Waals surface area contributed by atoms with Gasteiger partial charge in [0.2, 0.25) is 0 Å². The number of nitrogens with two attached hydrogens (primary N) is 1. The molecule has 0 amide bonds. The number of hydrogen-bond acceptors (Lipinski definition) is 2. The monoisotopic (exact) mass is 242 g/mol. The summed E-state index contributed by atoms with van der Waals surface area (Å²) in [5.74, 6) is 4.69. The summed E-state index contributed by atoms with van der Waals surface area (Å²) >= 11 is 0. The van der Waals surface area contributed by atoms with E-state index in [0.717, 1.165) is 0 Å². The summed E-state index contributed by atoms with van der Waals surface area (Å²) in [6.07, 6.45) is 0. The Labute approximate surface area is 101 Å². The number of nitrogens with one attached hydrogen (secondary N) is 1. The van der Waals surface area contributed by atoms with Crippen LogP contribution in [0.15, 0.2) is 12.1 Å². The van der Waals surface area contributed by atoms with Crippen molar-refractivity contribution in [1.82, 2.24) is 5.43 Å². The number of rotatable bonds is 4. The van der Waals surface area contributed by atoms with Gasteiger partial charge in [-0.1, -0.05) is 26.8 Å². The smallest absolute Gasteiger partial charge is 0.133 e. The Kier molecular flexibility index (Phi) is 4.60. The lowest BCUT2D eigenvalue weighted by Crippen LogP contribution is -2.35. The highest BCUT2D eigenvalue weighted by Crippen LogP contribution is 2.31. The molecule has 3 N–H and O–H groups in total. The van der Waals surface area contributed by atoms with E-state index in [-0.39, 0.29) is 17.4 Å². The van der Waals surface area contributed by atoms with Gasteiger partial charge in [-0.25, -0.2) is 8.78 Å². The van der Waals surface area contributed by atoms with Gasteiger partial charge in [-0.15, -0.1) is 0 Å². The fourth-order valence-electron chi connectivity index (χ4n) is 1.85. The van der Waals surface area contributed by atoms with Gasteiger partial charge in [0, 0.05) is 5.56 Å². The van der Waals surface area contributed by atoms with Crippen molar-refractivity contribution in [2.45, 2.75) is 33.7 Å². The molecule has 2 nitrogen and oxygen atoms in total. The van der Waals surface area contributed by atoms with Crippen molar-refractivity contribution >= 4 is 0 Å². The predicted octanol–water partition coefficient (Wildman–Crippen LogP) is 3.07. The SMILES string of the molecule is Cc1ccc(F)c(C(NN)C(C)C(C)C)c1F. The summed E-state index contributed by atoms with van der Waals surface area (Å²) in [4.78, 5) is 0. The molecule has 0 aliphatic rings. The van der Waals surface area contributed by atoms with Crippen LogP contribution in [0, 0.1) is 30.4 Å². The molecular formula is C13H20F2N2. The lowest BCUT2D eigenvalue weighted by molar-refractivity contribution is 0.292. The van der Waals surface area contributed by atoms with Crippen molar-refractivity contribution in [1.29, 1.82) is 0 Å². The third-order valence-electron chi connectivity index (χ3n) is 3.39. The molecule has 0 aromatic heterocycles. The van der Waals surface area contributed by atoms with Crippen LogP contribution in [0.3, 0.4) is 0 Å². The van der Waals surface area contributed by atoms with Crippen LogP contribution >= 0.6 is 0 Å². The lowest BCUT2D eigenvalue weighted by atomic mass is 9.85. The summed E-state index contributed by atoms with van der Waals surface area (Å²) in [5, 5.41) is 0. The van der Waals surface area contributed by atoms with Gasteiger partial charge < -0.3 is 0 Å². The Balaban J connectivity index is 3.25. The largest absolute Gasteiger partial charge is 0.271 e. The second kappa shape index (κ2) is 5.56. The van der Waals surface area contributed by atoms with Crippen molar-refractivity contribution in [2.75, 3.05) is 0 Å². The molecule has 0 fully saturated rings. The first-order valence-electron chi connectivity index (χ1n) is 5.80. The number of aryl methyl sites for hydroxylation is 1. The van der Waals surface area contributed by atoms with E-state index in [1.807, 2.05) is 20.8 Å². The molecule has 0 heterocycles. The maximum Gasteiger partial charge on any atom is 0.133 e. The van der Waals surface area contributed by atoms with Crippen LogP contribution in [0.5, 0.6) is 0 Å². The normalized spacial score (nSPS) is 15.1. The second-order valence-corrected chi connectivity index (χ2v) is 4.84. The summed E-state index contributed by atoms with van der Waals surface area (Å²) in [5.41, 5.74) is 2.99. The number of hydrazine groups is 1. The minimum atomic E-state index is -0.552. The molecule has 2 atom stereocenters. The fraction of sp³-hybridized carbons (Fsp3) is 0.538. The first-order chi connectivity index (χ1) is 7.90. The third-order valence-corrected chi connectivity index (χ3v) is 3.39. The number of hydrogen-bond donors (Lipinski definition) is 2. The molecule has 0 aliphatic heterocycles. The lowest BCUT2D eigenvalue weighted by Gasteiger charge is -2.27. The van der Waals surface area contributed by atoms with E-state index < -0.39 is 17.7 Å². The molecule has 0 saturated carbocycles. The third kappa shape index (κ3) is 2.82. The molecule has 0 aliphatic carbocycles. The zero-order chi connectivity index (χ0) is 13.2. The van der Waals surface area contributed by atoms with E-state index in [4.69, 9.17) is 5.84 Å². The van der Waals surface area contributed by atoms with Crippen LogP contribution in [0.2, 0.25) is 0 Å². The van der Waals surface area contributed by atoms with Gasteiger partial charge in [0.1, 0.15) is 11.6 Å². The Hall–Kier alpha value is -1.00. The van der Waals surface area contributed by atoms with E-state index in [2.05, 4.69) is 5.43 Å². The van der Waals surface area contributed by atoms with Crippen molar-refractivity contribution in [2.24, 2.45) is 17.7 Å². The molecule has 0 bridgehead atoms. The zero-order valence-corrected chi connectivity index (χ0v) is 10.7. The maximum atomic E-state index is 14.0. The van der Waals surface area contributed by atoms with Gasteiger partial charge in [0.05, 0.1) is 6.04 Å². The molecular weight excluding hydrogens is 222 g/mol. The first-order valence-corrected chi connectivity index (χ1v) is 5.80. The van der Waals surface area contributed by atoms with Gasteiger partial charge in [-0.3, -0.25) is 11.3 Å². The van der Waals surface area contributed by atoms with Crippen LogP contribution in [0.1, 0.15) is 37.9 Å². The van der Waals surface area contributed by atoms with Crippen LogP contribution in [-0.2, 0) is 0 Å². The van der Waals surface area contributed by atoms with E-state index in [9.17, 15) is 8.78 Å². The highest BCUT2D eigenvalue weighted by molar-refractivity contribution is 5.29. The average molecular weight is 242 g/mol. The Morgan fingerprint density at radius 3 is 2.24 bits per heavy atom. The van der Waals surface area contributed by atoms with E-state index in [1.54, 1.807) is 6.92 Å². The first kappa shape index (κ1) is 14.1. The van der Waals surface area contributed by atoms with Crippen LogP contribution in [0.25, 0.3) is 0 Å². The topological polar surface area (TPSA) is 38.0 Å². The molecule has 0 saturated heterocycles. The maximum absolute atomic E-state index is 14.0. The molecule has 1 aromatic carbocycles. The Bertz CT molecular complexity index is 391. The number of benzene rings is 1. The van der Waals surface area contributed by atoms with Gasteiger partial charge in [-0.2, -0.15) is 0 Å².